The molecular weight excluding hydrogens is 580 g/mol. The molecule has 8 rings (SSSR count). The molecule has 0 radical (unpaired) electrons. The second-order valence-electron chi connectivity index (χ2n) is 11.6. The summed E-state index contributed by atoms with van der Waals surface area (Å²) in [5, 5.41) is 0. The van der Waals surface area contributed by atoms with Crippen LogP contribution >= 0.6 is 12.0 Å². The number of anilines is 2. The number of hydrogen-bond acceptors (Lipinski definition) is 6. The topological polar surface area (TPSA) is 66.9 Å². The van der Waals surface area contributed by atoms with E-state index in [4.69, 9.17) is 4.18 Å². The molecule has 7 heteroatoms. The van der Waals surface area contributed by atoms with Gasteiger partial charge in [0.05, 0.1) is 23.0 Å². The van der Waals surface area contributed by atoms with Crippen LogP contribution in [0.25, 0.3) is 0 Å². The molecule has 0 unspecified atom stereocenters. The molecule has 0 N–H and O–H groups in total. The fourth-order valence-electron chi connectivity index (χ4n) is 7.32. The molecule has 1 amide bonds. The van der Waals surface area contributed by atoms with Gasteiger partial charge < -0.3 is 9.80 Å². The lowest BCUT2D eigenvalue weighted by atomic mass is 9.66. The van der Waals surface area contributed by atoms with Gasteiger partial charge in [-0.25, -0.2) is 0 Å². The van der Waals surface area contributed by atoms with Crippen LogP contribution in [0.3, 0.4) is 0 Å². The zero-order valence-corrected chi connectivity index (χ0v) is 25.0. The highest BCUT2D eigenvalue weighted by atomic mass is 32.2. The van der Waals surface area contributed by atoms with Crippen molar-refractivity contribution in [2.75, 3.05) is 9.80 Å². The summed E-state index contributed by atoms with van der Waals surface area (Å²) in [6.45, 7) is 0.318. The molecule has 3 aliphatic rings. The van der Waals surface area contributed by atoms with Crippen LogP contribution in [0, 0.1) is 5.92 Å². The van der Waals surface area contributed by atoms with Gasteiger partial charge in [-0.1, -0.05) is 121 Å². The molecule has 1 saturated heterocycles. The zero-order chi connectivity index (χ0) is 30.5. The SMILES string of the molecule is O=C(c1ccccc1)[C@H]1[C@H](C(=O)c2ccccc2)[C@@]2(C(=O)N(Cc3ccccc3)c3ccccc32)[C@@H]2OSc3ccccc3N21. The van der Waals surface area contributed by atoms with E-state index in [-0.39, 0.29) is 17.5 Å². The summed E-state index contributed by atoms with van der Waals surface area (Å²) in [5.41, 5.74) is 2.55. The van der Waals surface area contributed by atoms with Crippen molar-refractivity contribution in [3.8, 4) is 0 Å². The Labute approximate surface area is 265 Å². The molecule has 4 atom stereocenters. The number of benzene rings is 5. The first-order chi connectivity index (χ1) is 22.1. The van der Waals surface area contributed by atoms with Crippen molar-refractivity contribution >= 4 is 40.9 Å². The van der Waals surface area contributed by atoms with Gasteiger partial charge in [0.25, 0.3) is 0 Å². The highest BCUT2D eigenvalue weighted by Crippen LogP contribution is 2.61. The molecular formula is C38H28N2O4S. The molecule has 1 spiro atoms. The summed E-state index contributed by atoms with van der Waals surface area (Å²) in [7, 11) is 0. The first kappa shape index (κ1) is 27.6. The van der Waals surface area contributed by atoms with E-state index in [1.54, 1.807) is 29.2 Å². The number of amides is 1. The summed E-state index contributed by atoms with van der Waals surface area (Å²) in [4.78, 5) is 49.7. The summed E-state index contributed by atoms with van der Waals surface area (Å²) < 4.78 is 6.62. The first-order valence-corrected chi connectivity index (χ1v) is 15.7. The number of fused-ring (bicyclic) bond motifs is 6. The highest BCUT2D eigenvalue weighted by molar-refractivity contribution is 7.95. The summed E-state index contributed by atoms with van der Waals surface area (Å²) in [5.74, 6) is -1.84. The molecule has 3 aliphatic heterocycles. The smallest absolute Gasteiger partial charge is 0.243 e. The number of hydrogen-bond donors (Lipinski definition) is 0. The van der Waals surface area contributed by atoms with Crippen LogP contribution < -0.4 is 9.80 Å². The third kappa shape index (κ3) is 4.11. The van der Waals surface area contributed by atoms with Gasteiger partial charge in [-0.3, -0.25) is 18.6 Å². The van der Waals surface area contributed by atoms with Gasteiger partial charge in [0.15, 0.2) is 17.8 Å². The van der Waals surface area contributed by atoms with Crippen molar-refractivity contribution in [1.82, 2.24) is 0 Å². The maximum Gasteiger partial charge on any atom is 0.243 e. The average Bonchev–Trinajstić information content (AvgIpc) is 3.55. The van der Waals surface area contributed by atoms with Gasteiger partial charge in [0, 0.05) is 28.9 Å². The van der Waals surface area contributed by atoms with Crippen LogP contribution in [0.4, 0.5) is 11.4 Å². The Hall–Kier alpha value is -4.98. The van der Waals surface area contributed by atoms with E-state index in [0.717, 1.165) is 21.8 Å². The van der Waals surface area contributed by atoms with Crippen molar-refractivity contribution in [3.63, 3.8) is 0 Å². The molecule has 5 aromatic rings. The molecule has 5 aromatic carbocycles. The Kier molecular flexibility index (Phi) is 6.66. The molecule has 0 saturated carbocycles. The second kappa shape index (κ2) is 10.9. The van der Waals surface area contributed by atoms with E-state index in [1.807, 2.05) is 120 Å². The van der Waals surface area contributed by atoms with Gasteiger partial charge >= 0.3 is 0 Å². The summed E-state index contributed by atoms with van der Waals surface area (Å²) in [6.07, 6.45) is -0.929. The molecule has 45 heavy (non-hydrogen) atoms. The van der Waals surface area contributed by atoms with E-state index < -0.39 is 23.6 Å². The second-order valence-corrected chi connectivity index (χ2v) is 12.4. The molecule has 0 aliphatic carbocycles. The van der Waals surface area contributed by atoms with Crippen LogP contribution in [-0.4, -0.2) is 29.7 Å². The van der Waals surface area contributed by atoms with Crippen molar-refractivity contribution in [2.45, 2.75) is 29.1 Å². The number of carbonyl (C=O) groups excluding carboxylic acids is 3. The number of Topliss-reactive ketones (excluding diaryl/α,β-unsaturated/α-hetero) is 2. The van der Waals surface area contributed by atoms with Gasteiger partial charge in [0.1, 0.15) is 11.5 Å². The van der Waals surface area contributed by atoms with Crippen LogP contribution in [-0.2, 0) is 20.9 Å². The van der Waals surface area contributed by atoms with E-state index in [2.05, 4.69) is 0 Å². The summed E-state index contributed by atoms with van der Waals surface area (Å²) >= 11 is 1.19. The Morgan fingerprint density at radius 1 is 0.667 bits per heavy atom. The normalized spacial score (nSPS) is 23.0. The zero-order valence-electron chi connectivity index (χ0n) is 24.2. The van der Waals surface area contributed by atoms with Crippen LogP contribution in [0.1, 0.15) is 31.8 Å². The number of carbonyl (C=O) groups is 3. The van der Waals surface area contributed by atoms with Gasteiger partial charge in [-0.15, -0.1) is 0 Å². The predicted molar refractivity (Wildman–Crippen MR) is 174 cm³/mol. The van der Waals surface area contributed by atoms with Gasteiger partial charge in [0.2, 0.25) is 5.91 Å². The summed E-state index contributed by atoms with van der Waals surface area (Å²) in [6, 6.07) is 42.2. The molecule has 6 nitrogen and oxygen atoms in total. The Morgan fingerprint density at radius 2 is 1.22 bits per heavy atom. The van der Waals surface area contributed by atoms with Crippen molar-refractivity contribution in [1.29, 1.82) is 0 Å². The lowest BCUT2D eigenvalue weighted by molar-refractivity contribution is -0.126. The van der Waals surface area contributed by atoms with Gasteiger partial charge in [-0.2, -0.15) is 0 Å². The van der Waals surface area contributed by atoms with Crippen LogP contribution in [0.2, 0.25) is 0 Å². The maximum absolute atomic E-state index is 15.4. The van der Waals surface area contributed by atoms with Crippen molar-refractivity contribution in [2.24, 2.45) is 5.92 Å². The first-order valence-electron chi connectivity index (χ1n) is 15.0. The van der Waals surface area contributed by atoms with E-state index in [9.17, 15) is 4.79 Å². The van der Waals surface area contributed by atoms with E-state index >= 15 is 9.59 Å². The third-order valence-electron chi connectivity index (χ3n) is 9.21. The standard InChI is InChI=1S/C38H28N2O4S/c41-34(26-16-6-2-7-17-26)32-33(35(42)27-18-8-3-9-19-27)40-30-22-12-13-23-31(30)45-44-37(40)38(32)28-20-10-11-21-29(28)39(36(38)43)24-25-14-4-1-5-15-25/h1-23,32-33,37H,24H2/t32-,33-,37+,38+/m1/s1. The number of rotatable bonds is 6. The molecule has 0 aromatic heterocycles. The fourth-order valence-corrected chi connectivity index (χ4v) is 8.15. The maximum atomic E-state index is 15.4. The predicted octanol–water partition coefficient (Wildman–Crippen LogP) is 7.11. The minimum absolute atomic E-state index is 0.233. The van der Waals surface area contributed by atoms with E-state index in [0.29, 0.717) is 23.2 Å². The lowest BCUT2D eigenvalue weighted by Crippen LogP contribution is -2.54. The number of nitrogens with zero attached hydrogens (tertiary/aromatic N) is 2. The number of ketones is 2. The molecule has 1 fully saturated rings. The Morgan fingerprint density at radius 3 is 1.91 bits per heavy atom. The third-order valence-corrected chi connectivity index (χ3v) is 10.0. The van der Waals surface area contributed by atoms with Crippen LogP contribution in [0.5, 0.6) is 0 Å². The Balaban J connectivity index is 1.41. The minimum atomic E-state index is -1.51. The van der Waals surface area contributed by atoms with E-state index in [1.165, 1.54) is 12.0 Å². The number of para-hydroxylation sites is 2. The Bertz CT molecular complexity index is 1930. The monoisotopic (exact) mass is 608 g/mol. The average molecular weight is 609 g/mol. The van der Waals surface area contributed by atoms with Crippen LogP contribution in [0.15, 0.2) is 144 Å². The van der Waals surface area contributed by atoms with Crippen molar-refractivity contribution in [3.05, 3.63) is 162 Å². The van der Waals surface area contributed by atoms with Crippen molar-refractivity contribution < 1.29 is 18.6 Å². The highest BCUT2D eigenvalue weighted by Gasteiger charge is 2.73. The largest absolute Gasteiger partial charge is 0.332 e. The fraction of sp³-hybridized carbons (Fsp3) is 0.132. The lowest BCUT2D eigenvalue weighted by Gasteiger charge is -2.39. The molecule has 3 heterocycles. The quantitative estimate of drug-likeness (QED) is 0.151. The molecule has 220 valence electrons. The van der Waals surface area contributed by atoms with Gasteiger partial charge in [-0.05, 0) is 29.3 Å². The minimum Gasteiger partial charge on any atom is -0.332 e. The molecule has 0 bridgehead atoms.